The van der Waals surface area contributed by atoms with Crippen LogP contribution in [0.1, 0.15) is 18.2 Å². The highest BCUT2D eigenvalue weighted by molar-refractivity contribution is 6.30. The van der Waals surface area contributed by atoms with E-state index in [1.165, 1.54) is 16.8 Å². The van der Waals surface area contributed by atoms with E-state index in [2.05, 4.69) is 5.10 Å². The number of hydrogen-bond acceptors (Lipinski definition) is 3. The molecule has 1 aromatic carbocycles. The molecule has 0 bridgehead atoms. The lowest BCUT2D eigenvalue weighted by molar-refractivity contribution is -0.384. The summed E-state index contributed by atoms with van der Waals surface area (Å²) in [7, 11) is 0. The summed E-state index contributed by atoms with van der Waals surface area (Å²) in [6, 6.07) is 6.25. The van der Waals surface area contributed by atoms with Gasteiger partial charge in [-0.15, -0.1) is 0 Å². The molecule has 1 heterocycles. The normalized spacial score (nSPS) is 10.6. The number of non-ortho nitro benzene ring substituents is 1. The van der Waals surface area contributed by atoms with Crippen LogP contribution in [-0.4, -0.2) is 14.7 Å². The second-order valence-corrected chi connectivity index (χ2v) is 4.26. The van der Waals surface area contributed by atoms with E-state index in [0.29, 0.717) is 10.8 Å². The lowest BCUT2D eigenvalue weighted by Gasteiger charge is -2.03. The number of nitro benzene ring substituents is 1. The molecule has 6 heteroatoms. The Morgan fingerprint density at radius 2 is 2.22 bits per heavy atom. The Morgan fingerprint density at radius 1 is 1.50 bits per heavy atom. The van der Waals surface area contributed by atoms with Gasteiger partial charge >= 0.3 is 0 Å². The number of aromatic nitrogens is 2. The first-order valence-corrected chi connectivity index (χ1v) is 5.91. The van der Waals surface area contributed by atoms with Crippen molar-refractivity contribution < 1.29 is 4.92 Å². The van der Waals surface area contributed by atoms with E-state index in [1.54, 1.807) is 12.1 Å². The number of halogens is 1. The van der Waals surface area contributed by atoms with E-state index >= 15 is 0 Å². The average Bonchev–Trinajstić information content (AvgIpc) is 2.64. The van der Waals surface area contributed by atoms with Gasteiger partial charge < -0.3 is 0 Å². The van der Waals surface area contributed by atoms with Gasteiger partial charge in [-0.25, -0.2) is 4.68 Å². The van der Waals surface area contributed by atoms with Gasteiger partial charge in [0, 0.05) is 17.7 Å². The van der Waals surface area contributed by atoms with Gasteiger partial charge in [-0.3, -0.25) is 10.1 Å². The third kappa shape index (κ3) is 2.09. The van der Waals surface area contributed by atoms with Gasteiger partial charge in [-0.1, -0.05) is 24.6 Å². The minimum Gasteiger partial charge on any atom is -0.258 e. The summed E-state index contributed by atoms with van der Waals surface area (Å²) in [6.45, 7) is 3.87. The molecule has 0 saturated carbocycles. The van der Waals surface area contributed by atoms with E-state index in [9.17, 15) is 10.1 Å². The molecule has 0 amide bonds. The highest BCUT2D eigenvalue weighted by Crippen LogP contribution is 2.25. The molecule has 94 valence electrons. The van der Waals surface area contributed by atoms with Crippen molar-refractivity contribution in [3.05, 3.63) is 50.8 Å². The van der Waals surface area contributed by atoms with Crippen LogP contribution in [0.5, 0.6) is 0 Å². The van der Waals surface area contributed by atoms with Crippen LogP contribution in [0, 0.1) is 17.0 Å². The summed E-state index contributed by atoms with van der Waals surface area (Å²) in [4.78, 5) is 10.3. The molecule has 0 aliphatic rings. The fourth-order valence-electron chi connectivity index (χ4n) is 1.84. The molecule has 0 atom stereocenters. The molecule has 0 aliphatic heterocycles. The van der Waals surface area contributed by atoms with Crippen molar-refractivity contribution in [2.75, 3.05) is 0 Å². The van der Waals surface area contributed by atoms with Crippen LogP contribution in [0.25, 0.3) is 5.69 Å². The van der Waals surface area contributed by atoms with Crippen molar-refractivity contribution in [1.29, 1.82) is 0 Å². The Hall–Kier alpha value is -1.88. The molecule has 0 aliphatic carbocycles. The first-order valence-electron chi connectivity index (χ1n) is 5.53. The Morgan fingerprint density at radius 3 is 2.78 bits per heavy atom. The molecule has 2 aromatic rings. The molecule has 18 heavy (non-hydrogen) atoms. The first-order chi connectivity index (χ1) is 8.54. The smallest absolute Gasteiger partial charge is 0.258 e. The number of aryl methyl sites for hydroxylation is 1. The zero-order valence-electron chi connectivity index (χ0n) is 10.1. The Bertz CT molecular complexity index is 607. The maximum Gasteiger partial charge on any atom is 0.271 e. The average molecular weight is 266 g/mol. The van der Waals surface area contributed by atoms with Gasteiger partial charge in [0.05, 0.1) is 16.3 Å². The summed E-state index contributed by atoms with van der Waals surface area (Å²) in [6.07, 6.45) is 0.777. The quantitative estimate of drug-likeness (QED) is 0.632. The summed E-state index contributed by atoms with van der Waals surface area (Å²) >= 11 is 6.23. The number of rotatable bonds is 3. The number of nitro groups is 1. The molecule has 0 radical (unpaired) electrons. The van der Waals surface area contributed by atoms with Crippen LogP contribution in [-0.2, 0) is 6.42 Å². The standard InChI is InChI=1S/C12H12ClN3O2/c1-3-11-8(2)14-15(12(11)13)9-5-4-6-10(7-9)16(17)18/h4-7H,3H2,1-2H3. The maximum absolute atomic E-state index is 10.7. The van der Waals surface area contributed by atoms with Crippen molar-refractivity contribution in [3.63, 3.8) is 0 Å². The Balaban J connectivity index is 2.55. The van der Waals surface area contributed by atoms with Gasteiger partial charge in [-0.2, -0.15) is 5.10 Å². The molecule has 0 saturated heterocycles. The van der Waals surface area contributed by atoms with Crippen LogP contribution >= 0.6 is 11.6 Å². The third-order valence-electron chi connectivity index (χ3n) is 2.76. The largest absolute Gasteiger partial charge is 0.271 e. The van der Waals surface area contributed by atoms with Crippen molar-refractivity contribution in [1.82, 2.24) is 9.78 Å². The van der Waals surface area contributed by atoms with Crippen LogP contribution in [0.15, 0.2) is 24.3 Å². The van der Waals surface area contributed by atoms with Crippen molar-refractivity contribution >= 4 is 17.3 Å². The fourth-order valence-corrected chi connectivity index (χ4v) is 2.25. The minimum absolute atomic E-state index is 0.0229. The Kier molecular flexibility index (Phi) is 3.34. The Labute approximate surface area is 109 Å². The number of hydrogen-bond donors (Lipinski definition) is 0. The summed E-state index contributed by atoms with van der Waals surface area (Å²) in [5, 5.41) is 15.6. The molecule has 0 N–H and O–H groups in total. The van der Waals surface area contributed by atoms with Crippen LogP contribution in [0.4, 0.5) is 5.69 Å². The SMILES string of the molecule is CCc1c(C)nn(-c2cccc([N+](=O)[O-])c2)c1Cl. The second-order valence-electron chi connectivity index (χ2n) is 3.90. The van der Waals surface area contributed by atoms with Crippen LogP contribution in [0.3, 0.4) is 0 Å². The van der Waals surface area contributed by atoms with E-state index in [0.717, 1.165) is 17.7 Å². The summed E-state index contributed by atoms with van der Waals surface area (Å²) < 4.78 is 1.53. The second kappa shape index (κ2) is 4.78. The zero-order chi connectivity index (χ0) is 13.3. The van der Waals surface area contributed by atoms with Crippen molar-refractivity contribution in [3.8, 4) is 5.69 Å². The molecule has 0 spiro atoms. The molecule has 0 fully saturated rings. The zero-order valence-corrected chi connectivity index (χ0v) is 10.8. The lowest BCUT2D eigenvalue weighted by Crippen LogP contribution is -1.98. The molecule has 1 aromatic heterocycles. The van der Waals surface area contributed by atoms with E-state index in [4.69, 9.17) is 11.6 Å². The topological polar surface area (TPSA) is 61.0 Å². The lowest BCUT2D eigenvalue weighted by atomic mass is 10.2. The maximum atomic E-state index is 10.7. The van der Waals surface area contributed by atoms with Crippen molar-refractivity contribution in [2.24, 2.45) is 0 Å². The van der Waals surface area contributed by atoms with Crippen LogP contribution < -0.4 is 0 Å². The number of benzene rings is 1. The van der Waals surface area contributed by atoms with E-state index < -0.39 is 4.92 Å². The van der Waals surface area contributed by atoms with Gasteiger partial charge in [0.2, 0.25) is 0 Å². The van der Waals surface area contributed by atoms with Gasteiger partial charge in [-0.05, 0) is 19.4 Å². The predicted octanol–water partition coefficient (Wildman–Crippen LogP) is 3.30. The van der Waals surface area contributed by atoms with Crippen LogP contribution in [0.2, 0.25) is 5.15 Å². The molecule has 0 unspecified atom stereocenters. The highest BCUT2D eigenvalue weighted by atomic mass is 35.5. The summed E-state index contributed by atoms with van der Waals surface area (Å²) in [5.74, 6) is 0. The monoisotopic (exact) mass is 265 g/mol. The van der Waals surface area contributed by atoms with Gasteiger partial charge in [0.25, 0.3) is 5.69 Å². The minimum atomic E-state index is -0.436. The van der Waals surface area contributed by atoms with Gasteiger partial charge in [0.1, 0.15) is 5.15 Å². The van der Waals surface area contributed by atoms with Gasteiger partial charge in [0.15, 0.2) is 0 Å². The summed E-state index contributed by atoms with van der Waals surface area (Å²) in [5.41, 5.74) is 2.42. The highest BCUT2D eigenvalue weighted by Gasteiger charge is 2.14. The van der Waals surface area contributed by atoms with Crippen molar-refractivity contribution in [2.45, 2.75) is 20.3 Å². The number of nitrogens with zero attached hydrogens (tertiary/aromatic N) is 3. The van der Waals surface area contributed by atoms with E-state index in [1.807, 2.05) is 13.8 Å². The molecular weight excluding hydrogens is 254 g/mol. The van der Waals surface area contributed by atoms with E-state index in [-0.39, 0.29) is 5.69 Å². The third-order valence-corrected chi connectivity index (χ3v) is 3.15. The predicted molar refractivity (Wildman–Crippen MR) is 69.3 cm³/mol. The molecular formula is C12H12ClN3O2. The fraction of sp³-hybridized carbons (Fsp3) is 0.250. The molecule has 5 nitrogen and oxygen atoms in total. The first kappa shape index (κ1) is 12.6. The molecule has 2 rings (SSSR count).